The van der Waals surface area contributed by atoms with Crippen LogP contribution in [-0.2, 0) is 28.1 Å². The van der Waals surface area contributed by atoms with E-state index in [0.717, 1.165) is 39.5 Å². The van der Waals surface area contributed by atoms with Crippen LogP contribution in [0, 0.1) is 6.92 Å². The predicted molar refractivity (Wildman–Crippen MR) is 129 cm³/mol. The second kappa shape index (κ2) is 7.94. The molecule has 0 saturated heterocycles. The summed E-state index contributed by atoms with van der Waals surface area (Å²) in [5.41, 5.74) is 5.51. The van der Waals surface area contributed by atoms with Gasteiger partial charge in [-0.2, -0.15) is 5.10 Å². The lowest BCUT2D eigenvalue weighted by Gasteiger charge is -2.21. The molecule has 0 fully saturated rings. The molecule has 0 amide bonds. The van der Waals surface area contributed by atoms with Crippen LogP contribution in [0.3, 0.4) is 0 Å². The summed E-state index contributed by atoms with van der Waals surface area (Å²) in [7, 11) is 3.84. The van der Waals surface area contributed by atoms with Gasteiger partial charge in [0, 0.05) is 59.3 Å². The Kier molecular flexibility index (Phi) is 5.64. The smallest absolute Gasteiger partial charge is 0.214 e. The molecule has 0 N–H and O–H groups in total. The van der Waals surface area contributed by atoms with E-state index in [1.165, 1.54) is 20.7 Å². The number of pyridine rings is 2. The Hall–Kier alpha value is -1.96. The zero-order chi connectivity index (χ0) is 21.6. The first-order valence-electron chi connectivity index (χ1n) is 10.0. The quantitative estimate of drug-likeness (QED) is 0.404. The van der Waals surface area contributed by atoms with Crippen molar-refractivity contribution in [3.05, 3.63) is 35.7 Å². The molecule has 158 valence electrons. The fraction of sp³-hybridized carbons (Fsp3) is 0.435. The summed E-state index contributed by atoms with van der Waals surface area (Å²) in [6.45, 7) is 9.88. The highest BCUT2D eigenvalue weighted by molar-refractivity contribution is 7.98. The van der Waals surface area contributed by atoms with Gasteiger partial charge in [-0.15, -0.1) is 0 Å². The Balaban J connectivity index is 1.90. The Bertz CT molecular complexity index is 1220. The van der Waals surface area contributed by atoms with E-state index in [0.29, 0.717) is 0 Å². The van der Waals surface area contributed by atoms with Crippen molar-refractivity contribution < 1.29 is 4.74 Å². The molecular weight excluding hydrogens is 412 g/mol. The molecule has 7 heteroatoms. The molecule has 0 aliphatic carbocycles. The second-order valence-corrected chi connectivity index (χ2v) is 12.1. The lowest BCUT2D eigenvalue weighted by atomic mass is 9.84. The number of ether oxygens (including phenoxy) is 1. The third-order valence-electron chi connectivity index (χ3n) is 5.34. The zero-order valence-electron chi connectivity index (χ0n) is 18.7. The number of fused-ring (bicyclic) bond motifs is 2. The number of thiophene rings is 1. The van der Waals surface area contributed by atoms with Crippen molar-refractivity contribution in [1.82, 2.24) is 19.7 Å². The molecule has 0 bridgehead atoms. The molecule has 4 aromatic heterocycles. The van der Waals surface area contributed by atoms with Crippen LogP contribution in [0.25, 0.3) is 32.5 Å². The van der Waals surface area contributed by atoms with Crippen LogP contribution in [0.5, 0.6) is 0 Å². The average molecular weight is 442 g/mol. The van der Waals surface area contributed by atoms with E-state index >= 15 is 0 Å². The molecule has 30 heavy (non-hydrogen) atoms. The summed E-state index contributed by atoms with van der Waals surface area (Å²) in [5, 5.41) is 6.74. The second-order valence-electron chi connectivity index (χ2n) is 8.77. The number of methoxy groups -OCH3 is 1. The minimum atomic E-state index is 0.0176. The molecule has 0 spiro atoms. The van der Waals surface area contributed by atoms with Crippen LogP contribution >= 0.6 is 11.3 Å². The van der Waals surface area contributed by atoms with Crippen molar-refractivity contribution in [2.45, 2.75) is 37.3 Å². The maximum absolute atomic E-state index is 5.32. The molecule has 4 heterocycles. The van der Waals surface area contributed by atoms with Gasteiger partial charge in [0.1, 0.15) is 16.8 Å². The summed E-state index contributed by atoms with van der Waals surface area (Å²) >= 11 is 1.84. The molecule has 0 aliphatic rings. The summed E-state index contributed by atoms with van der Waals surface area (Å²) in [6, 6.07) is 4.40. The van der Waals surface area contributed by atoms with Gasteiger partial charge in [0.25, 0.3) is 0 Å². The van der Waals surface area contributed by atoms with Gasteiger partial charge in [0.2, 0.25) is 4.21 Å². The van der Waals surface area contributed by atoms with Crippen LogP contribution in [0.4, 0.5) is 0 Å². The van der Waals surface area contributed by atoms with Crippen molar-refractivity contribution in [1.29, 1.82) is 0 Å². The predicted octanol–water partition coefficient (Wildman–Crippen LogP) is 5.10. The van der Waals surface area contributed by atoms with Crippen molar-refractivity contribution in [2.75, 3.05) is 25.7 Å². The van der Waals surface area contributed by atoms with Crippen molar-refractivity contribution in [3.8, 4) is 11.3 Å². The topological polar surface area (TPSA) is 52.8 Å². The first-order chi connectivity index (χ1) is 14.2. The lowest BCUT2D eigenvalue weighted by molar-refractivity contribution is 0.218. The Labute approximate surface area is 184 Å². The van der Waals surface area contributed by atoms with Crippen LogP contribution in [0.2, 0.25) is 0 Å². The lowest BCUT2D eigenvalue weighted by Crippen LogP contribution is -2.13. The molecule has 0 aromatic carbocycles. The molecule has 4 rings (SSSR count). The monoisotopic (exact) mass is 441 g/mol. The van der Waals surface area contributed by atoms with Gasteiger partial charge in [-0.05, 0) is 30.0 Å². The largest absolute Gasteiger partial charge is 0.380 e. The number of nitrogens with zero attached hydrogens (tertiary/aromatic N) is 4. The summed E-state index contributed by atoms with van der Waals surface area (Å²) in [5.74, 6) is 1.05. The minimum absolute atomic E-state index is 0.0176. The summed E-state index contributed by atoms with van der Waals surface area (Å²) in [4.78, 5) is 10.8. The fourth-order valence-electron chi connectivity index (χ4n) is 3.77. The molecule has 5 nitrogen and oxygen atoms in total. The van der Waals surface area contributed by atoms with Crippen molar-refractivity contribution in [2.24, 2.45) is 7.05 Å². The van der Waals surface area contributed by atoms with Crippen LogP contribution in [-0.4, -0.2) is 45.5 Å². The molecule has 1 atom stereocenters. The highest BCUT2D eigenvalue weighted by Crippen LogP contribution is 2.41. The van der Waals surface area contributed by atoms with Crippen LogP contribution in [0.15, 0.2) is 28.7 Å². The Morgan fingerprint density at radius 3 is 2.70 bits per heavy atom. The first kappa shape index (κ1) is 21.3. The number of hydrogen-bond acceptors (Lipinski definition) is 5. The fourth-order valence-corrected chi connectivity index (χ4v) is 6.99. The number of hydrogen-bond donors (Lipinski definition) is 0. The van der Waals surface area contributed by atoms with Crippen LogP contribution < -0.4 is 0 Å². The van der Waals surface area contributed by atoms with Crippen molar-refractivity contribution >= 4 is 43.5 Å². The molecule has 0 aliphatic heterocycles. The standard InChI is InChI=1S/C23H29N4OS2/c1-14-19-17(23(2,3)4)11-18(15-10-16-13-27(5)26-20(16)24-12-15)25-21(19)29-22(14)30(7)9-8-28-6/h10-13H,8-9H2,1-7H3/q+1. The van der Waals surface area contributed by atoms with E-state index in [1.807, 2.05) is 30.8 Å². The minimum Gasteiger partial charge on any atom is -0.380 e. The molecule has 1 unspecified atom stereocenters. The van der Waals surface area contributed by atoms with E-state index in [-0.39, 0.29) is 16.3 Å². The highest BCUT2D eigenvalue weighted by atomic mass is 32.2. The van der Waals surface area contributed by atoms with Gasteiger partial charge < -0.3 is 4.74 Å². The van der Waals surface area contributed by atoms with Crippen LogP contribution in [0.1, 0.15) is 31.9 Å². The van der Waals surface area contributed by atoms with Gasteiger partial charge >= 0.3 is 0 Å². The van der Waals surface area contributed by atoms with Gasteiger partial charge in [-0.25, -0.2) is 9.97 Å². The van der Waals surface area contributed by atoms with E-state index < -0.39 is 0 Å². The molecule has 0 saturated carbocycles. The van der Waals surface area contributed by atoms with Gasteiger partial charge in [0.15, 0.2) is 5.65 Å². The van der Waals surface area contributed by atoms with Gasteiger partial charge in [0.05, 0.1) is 12.3 Å². The van der Waals surface area contributed by atoms with E-state index in [9.17, 15) is 0 Å². The third kappa shape index (κ3) is 3.86. The summed E-state index contributed by atoms with van der Waals surface area (Å²) in [6.07, 6.45) is 6.20. The van der Waals surface area contributed by atoms with Gasteiger partial charge in [-0.1, -0.05) is 32.1 Å². The molecule has 4 aromatic rings. The Morgan fingerprint density at radius 2 is 2.00 bits per heavy atom. The van der Waals surface area contributed by atoms with Gasteiger partial charge in [-0.3, -0.25) is 4.68 Å². The SMILES string of the molecule is COCC[S+](C)c1sc2nc(-c3cnc4nn(C)cc4c3)cc(C(C)(C)C)c2c1C. The number of rotatable bonds is 5. The zero-order valence-corrected chi connectivity index (χ0v) is 20.4. The van der Waals surface area contributed by atoms with E-state index in [4.69, 9.17) is 9.72 Å². The summed E-state index contributed by atoms with van der Waals surface area (Å²) < 4.78 is 8.57. The third-order valence-corrected chi connectivity index (χ3v) is 9.15. The van der Waals surface area contributed by atoms with E-state index in [2.05, 4.69) is 56.2 Å². The Morgan fingerprint density at radius 1 is 1.23 bits per heavy atom. The first-order valence-corrected chi connectivity index (χ1v) is 12.7. The average Bonchev–Trinajstić information content (AvgIpc) is 3.23. The van der Waals surface area contributed by atoms with E-state index in [1.54, 1.807) is 11.8 Å². The van der Waals surface area contributed by atoms with Crippen molar-refractivity contribution in [3.63, 3.8) is 0 Å². The number of aryl methyl sites for hydroxylation is 2. The normalized spacial score (nSPS) is 13.4. The number of aromatic nitrogens is 4. The highest BCUT2D eigenvalue weighted by Gasteiger charge is 2.28. The molecular formula is C23H29N4OS2+. The maximum atomic E-state index is 5.32. The molecule has 0 radical (unpaired) electrons. The maximum Gasteiger partial charge on any atom is 0.214 e.